The summed E-state index contributed by atoms with van der Waals surface area (Å²) in [6, 6.07) is 3.87. The zero-order valence-corrected chi connectivity index (χ0v) is 17.5. The average Bonchev–Trinajstić information content (AvgIpc) is 3.31. The van der Waals surface area contributed by atoms with E-state index in [1.165, 1.54) is 4.88 Å². The molecule has 2 unspecified atom stereocenters. The molecule has 0 aliphatic carbocycles. The van der Waals surface area contributed by atoms with Crippen molar-refractivity contribution in [3.05, 3.63) is 33.1 Å². The zero-order valence-electron chi connectivity index (χ0n) is 15.9. The summed E-state index contributed by atoms with van der Waals surface area (Å²) in [4.78, 5) is 19.8. The van der Waals surface area contributed by atoms with Gasteiger partial charge in [0.1, 0.15) is 0 Å². The van der Waals surface area contributed by atoms with Crippen LogP contribution in [0, 0.1) is 26.7 Å². The number of aromatic nitrogens is 2. The third-order valence-electron chi connectivity index (χ3n) is 5.01. The van der Waals surface area contributed by atoms with Crippen molar-refractivity contribution in [1.29, 1.82) is 0 Å². The molecule has 3 aromatic rings. The third-order valence-corrected chi connectivity index (χ3v) is 5.97. The number of aliphatic hydroxyl groups is 1. The van der Waals surface area contributed by atoms with E-state index in [-0.39, 0.29) is 24.2 Å². The van der Waals surface area contributed by atoms with Crippen molar-refractivity contribution in [1.82, 2.24) is 20.8 Å². The SMILES string of the molecule is Cc1cc(-c2cc(C(=O)NCC3CNCC3O)c3c(C)noc3n2)c(C)s1.Cl. The van der Waals surface area contributed by atoms with Gasteiger partial charge in [-0.15, -0.1) is 23.7 Å². The van der Waals surface area contributed by atoms with E-state index in [4.69, 9.17) is 4.52 Å². The molecule has 1 aliphatic rings. The largest absolute Gasteiger partial charge is 0.391 e. The predicted molar refractivity (Wildman–Crippen MR) is 111 cm³/mol. The number of β-amino-alcohol motifs (C(OH)–C–C–N with tert-alkyl or cyclic N) is 1. The summed E-state index contributed by atoms with van der Waals surface area (Å²) in [5.74, 6) is -0.199. The number of halogens is 1. The number of carbonyl (C=O) groups is 1. The van der Waals surface area contributed by atoms with Crippen LogP contribution >= 0.6 is 23.7 Å². The lowest BCUT2D eigenvalue weighted by molar-refractivity contribution is 0.0928. The minimum absolute atomic E-state index is 0. The lowest BCUT2D eigenvalue weighted by Gasteiger charge is -2.14. The molecule has 4 heterocycles. The lowest BCUT2D eigenvalue weighted by atomic mass is 10.0. The fraction of sp³-hybridized carbons (Fsp3) is 0.421. The summed E-state index contributed by atoms with van der Waals surface area (Å²) in [6.07, 6.45) is -0.438. The van der Waals surface area contributed by atoms with Gasteiger partial charge in [-0.3, -0.25) is 4.79 Å². The number of nitrogens with zero attached hydrogens (tertiary/aromatic N) is 2. The number of rotatable bonds is 4. The van der Waals surface area contributed by atoms with Gasteiger partial charge < -0.3 is 20.3 Å². The second kappa shape index (κ2) is 8.16. The molecule has 0 saturated carbocycles. The van der Waals surface area contributed by atoms with Gasteiger partial charge in [-0.2, -0.15) is 0 Å². The number of hydrogen-bond donors (Lipinski definition) is 3. The van der Waals surface area contributed by atoms with E-state index >= 15 is 0 Å². The first-order valence-corrected chi connectivity index (χ1v) is 9.77. The van der Waals surface area contributed by atoms with Crippen LogP contribution in [0.25, 0.3) is 22.4 Å². The Morgan fingerprint density at radius 3 is 2.79 bits per heavy atom. The molecule has 2 atom stereocenters. The number of aryl methyl sites for hydroxylation is 3. The molecule has 4 rings (SSSR count). The van der Waals surface area contributed by atoms with Crippen LogP contribution in [0.15, 0.2) is 16.7 Å². The molecule has 1 fully saturated rings. The fourth-order valence-corrected chi connectivity index (χ4v) is 4.48. The maximum absolute atomic E-state index is 12.9. The van der Waals surface area contributed by atoms with Gasteiger partial charge in [0.05, 0.1) is 28.4 Å². The Kier molecular flexibility index (Phi) is 6.04. The van der Waals surface area contributed by atoms with E-state index in [9.17, 15) is 9.90 Å². The van der Waals surface area contributed by atoms with Crippen LogP contribution in [0.4, 0.5) is 0 Å². The van der Waals surface area contributed by atoms with Gasteiger partial charge in [0.15, 0.2) is 0 Å². The van der Waals surface area contributed by atoms with E-state index in [2.05, 4.69) is 26.8 Å². The standard InChI is InChI=1S/C19H22N4O3S.ClH/c1-9-4-13(11(3)27-9)15-5-14(17-10(2)23-26-19(17)22-15)18(25)21-7-12-6-20-8-16(12)24;/h4-5,12,16,20,24H,6-8H2,1-3H3,(H,21,25);1H. The second-order valence-corrected chi connectivity index (χ2v) is 8.49. The van der Waals surface area contributed by atoms with Gasteiger partial charge in [0, 0.05) is 40.9 Å². The van der Waals surface area contributed by atoms with Crippen molar-refractivity contribution < 1.29 is 14.4 Å². The Bertz CT molecular complexity index is 1020. The van der Waals surface area contributed by atoms with E-state index < -0.39 is 6.10 Å². The van der Waals surface area contributed by atoms with E-state index in [0.717, 1.165) is 10.4 Å². The summed E-state index contributed by atoms with van der Waals surface area (Å²) in [6.45, 7) is 7.55. The second-order valence-electron chi connectivity index (χ2n) is 7.03. The van der Waals surface area contributed by atoms with Crippen molar-refractivity contribution in [3.63, 3.8) is 0 Å². The van der Waals surface area contributed by atoms with Crippen molar-refractivity contribution in [2.24, 2.45) is 5.92 Å². The molecule has 1 aliphatic heterocycles. The van der Waals surface area contributed by atoms with Crippen molar-refractivity contribution >= 4 is 40.8 Å². The minimum atomic E-state index is -0.438. The first kappa shape index (κ1) is 20.7. The maximum atomic E-state index is 12.9. The molecule has 0 spiro atoms. The Morgan fingerprint density at radius 1 is 1.36 bits per heavy atom. The molecule has 9 heteroatoms. The van der Waals surface area contributed by atoms with Crippen LogP contribution in [0.3, 0.4) is 0 Å². The number of hydrogen-bond acceptors (Lipinski definition) is 7. The smallest absolute Gasteiger partial charge is 0.259 e. The van der Waals surface area contributed by atoms with E-state index in [1.54, 1.807) is 24.3 Å². The van der Waals surface area contributed by atoms with Crippen LogP contribution in [0.2, 0.25) is 0 Å². The van der Waals surface area contributed by atoms with E-state index in [1.807, 2.05) is 13.8 Å². The highest BCUT2D eigenvalue weighted by Gasteiger charge is 2.26. The normalized spacial score (nSPS) is 19.0. The number of carbonyl (C=O) groups excluding carboxylic acids is 1. The van der Waals surface area contributed by atoms with Crippen molar-refractivity contribution in [2.45, 2.75) is 26.9 Å². The number of amides is 1. The van der Waals surface area contributed by atoms with Gasteiger partial charge in [-0.25, -0.2) is 4.98 Å². The highest BCUT2D eigenvalue weighted by molar-refractivity contribution is 7.12. The Balaban J connectivity index is 0.00000225. The van der Waals surface area contributed by atoms with Gasteiger partial charge in [0.25, 0.3) is 11.6 Å². The third kappa shape index (κ3) is 3.77. The molecule has 3 N–H and O–H groups in total. The number of fused-ring (bicyclic) bond motifs is 1. The van der Waals surface area contributed by atoms with Gasteiger partial charge in [0.2, 0.25) is 0 Å². The summed E-state index contributed by atoms with van der Waals surface area (Å²) in [5, 5.41) is 20.6. The number of pyridine rings is 1. The highest BCUT2D eigenvalue weighted by Crippen LogP contribution is 2.32. The van der Waals surface area contributed by atoms with Crippen molar-refractivity contribution in [3.8, 4) is 11.3 Å². The first-order valence-electron chi connectivity index (χ1n) is 8.95. The molecule has 150 valence electrons. The number of aliphatic hydroxyl groups excluding tert-OH is 1. The average molecular weight is 423 g/mol. The summed E-state index contributed by atoms with van der Waals surface area (Å²) < 4.78 is 5.36. The quantitative estimate of drug-likeness (QED) is 0.597. The minimum Gasteiger partial charge on any atom is -0.391 e. The molecule has 1 saturated heterocycles. The topological polar surface area (TPSA) is 100 Å². The molecule has 0 radical (unpaired) electrons. The van der Waals surface area contributed by atoms with Crippen LogP contribution in [0.5, 0.6) is 0 Å². The molecule has 28 heavy (non-hydrogen) atoms. The van der Waals surface area contributed by atoms with Crippen molar-refractivity contribution in [2.75, 3.05) is 19.6 Å². The summed E-state index contributed by atoms with van der Waals surface area (Å²) in [7, 11) is 0. The van der Waals surface area contributed by atoms with Crippen LogP contribution in [0.1, 0.15) is 25.8 Å². The van der Waals surface area contributed by atoms with Gasteiger partial charge in [-0.05, 0) is 32.9 Å². The molecule has 1 amide bonds. The predicted octanol–water partition coefficient (Wildman–Crippen LogP) is 2.61. The molecular weight excluding hydrogens is 400 g/mol. The number of thiophene rings is 1. The molecule has 0 aromatic carbocycles. The summed E-state index contributed by atoms with van der Waals surface area (Å²) >= 11 is 1.69. The Morgan fingerprint density at radius 2 is 2.14 bits per heavy atom. The monoisotopic (exact) mass is 422 g/mol. The molecular formula is C19H23ClN4O3S. The summed E-state index contributed by atoms with van der Waals surface area (Å²) in [5.41, 5.74) is 3.19. The first-order chi connectivity index (χ1) is 12.9. The van der Waals surface area contributed by atoms with Crippen LogP contribution in [-0.2, 0) is 0 Å². The zero-order chi connectivity index (χ0) is 19.1. The number of nitrogens with one attached hydrogen (secondary N) is 2. The lowest BCUT2D eigenvalue weighted by Crippen LogP contribution is -2.34. The Hall–Kier alpha value is -2.00. The van der Waals surface area contributed by atoms with Gasteiger partial charge >= 0.3 is 0 Å². The molecule has 0 bridgehead atoms. The fourth-order valence-electron chi connectivity index (χ4n) is 3.54. The Labute approximate surface area is 172 Å². The van der Waals surface area contributed by atoms with Gasteiger partial charge in [-0.1, -0.05) is 5.16 Å². The van der Waals surface area contributed by atoms with Crippen LogP contribution in [-0.4, -0.2) is 46.9 Å². The molecule has 3 aromatic heterocycles. The van der Waals surface area contributed by atoms with E-state index in [0.29, 0.717) is 47.7 Å². The molecule has 7 nitrogen and oxygen atoms in total. The van der Waals surface area contributed by atoms with Crippen LogP contribution < -0.4 is 10.6 Å². The maximum Gasteiger partial charge on any atom is 0.259 e. The highest BCUT2D eigenvalue weighted by atomic mass is 35.5.